The number of H-pyrrole nitrogens is 1. The lowest BCUT2D eigenvalue weighted by molar-refractivity contribution is 0.250. The Kier molecular flexibility index (Phi) is 7.39. The van der Waals surface area contributed by atoms with Crippen LogP contribution in [0.1, 0.15) is 43.0 Å². The largest absolute Gasteiger partial charge is 0.493 e. The summed E-state index contributed by atoms with van der Waals surface area (Å²) in [6.07, 6.45) is 1.89. The summed E-state index contributed by atoms with van der Waals surface area (Å²) >= 11 is 1.46. The summed E-state index contributed by atoms with van der Waals surface area (Å²) in [5.74, 6) is 3.12. The molecule has 2 aromatic heterocycles. The minimum atomic E-state index is -0.0395. The van der Waals surface area contributed by atoms with Crippen LogP contribution in [0.15, 0.2) is 32.6 Å². The molecule has 3 aromatic rings. The predicted octanol–water partition coefficient (Wildman–Crippen LogP) is 4.20. The fraction of sp³-hybridized carbons (Fsp3) is 0.458. The quantitative estimate of drug-likeness (QED) is 0.367. The maximum atomic E-state index is 12.6. The van der Waals surface area contributed by atoms with E-state index in [0.717, 1.165) is 54.2 Å². The molecule has 0 atom stereocenters. The average molecular weight is 471 g/mol. The zero-order valence-electron chi connectivity index (χ0n) is 19.6. The number of aryl methyl sites for hydroxylation is 1. The third kappa shape index (κ3) is 5.25. The zero-order chi connectivity index (χ0) is 23.4. The van der Waals surface area contributed by atoms with E-state index in [-0.39, 0.29) is 5.56 Å². The SMILES string of the molecule is CCCN1CCc2nc(SCc3nc(-c4ccc(OCC)c(OC)c4)oc3C)[nH]c(=O)c2C1. The second kappa shape index (κ2) is 10.4. The van der Waals surface area contributed by atoms with Crippen LogP contribution in [-0.4, -0.2) is 46.7 Å². The van der Waals surface area contributed by atoms with Crippen molar-refractivity contribution < 1.29 is 13.9 Å². The Hall–Kier alpha value is -2.78. The van der Waals surface area contributed by atoms with E-state index in [0.29, 0.717) is 41.5 Å². The minimum Gasteiger partial charge on any atom is -0.493 e. The minimum absolute atomic E-state index is 0.0395. The molecular weight excluding hydrogens is 440 g/mol. The summed E-state index contributed by atoms with van der Waals surface area (Å²) < 4.78 is 16.9. The van der Waals surface area contributed by atoms with E-state index in [1.165, 1.54) is 11.8 Å². The molecule has 176 valence electrons. The number of aromatic amines is 1. The summed E-state index contributed by atoms with van der Waals surface area (Å²) in [5, 5.41) is 0.620. The van der Waals surface area contributed by atoms with Crippen LogP contribution in [0.3, 0.4) is 0 Å². The van der Waals surface area contributed by atoms with Gasteiger partial charge in [0.05, 0.1) is 30.7 Å². The number of nitrogens with one attached hydrogen (secondary N) is 1. The number of aromatic nitrogens is 3. The standard InChI is InChI=1S/C24H30N4O4S/c1-5-10-28-11-9-18-17(13-28)22(29)27-24(26-18)33-14-19-15(3)32-23(25-19)16-7-8-20(31-6-2)21(12-16)30-4/h7-8,12H,5-6,9-11,13-14H2,1-4H3,(H,26,27,29). The molecule has 0 unspecified atom stereocenters. The van der Waals surface area contributed by atoms with Crippen molar-refractivity contribution in [3.8, 4) is 23.0 Å². The van der Waals surface area contributed by atoms with Crippen molar-refractivity contribution in [1.29, 1.82) is 0 Å². The Bertz CT molecular complexity index is 1170. The molecule has 0 fully saturated rings. The number of thioether (sulfide) groups is 1. The molecule has 0 spiro atoms. The number of benzene rings is 1. The van der Waals surface area contributed by atoms with Crippen molar-refractivity contribution in [1.82, 2.24) is 19.9 Å². The maximum Gasteiger partial charge on any atom is 0.256 e. The molecule has 0 amide bonds. The number of oxazole rings is 1. The lowest BCUT2D eigenvalue weighted by Gasteiger charge is -2.27. The maximum absolute atomic E-state index is 12.6. The molecule has 33 heavy (non-hydrogen) atoms. The van der Waals surface area contributed by atoms with Crippen LogP contribution in [-0.2, 0) is 18.7 Å². The van der Waals surface area contributed by atoms with Crippen LogP contribution < -0.4 is 15.0 Å². The van der Waals surface area contributed by atoms with Crippen molar-refractivity contribution in [3.05, 3.63) is 51.3 Å². The Morgan fingerprint density at radius 2 is 2.09 bits per heavy atom. The van der Waals surface area contributed by atoms with Crippen LogP contribution in [0.2, 0.25) is 0 Å². The fourth-order valence-corrected chi connectivity index (χ4v) is 4.81. The summed E-state index contributed by atoms with van der Waals surface area (Å²) in [7, 11) is 1.61. The number of methoxy groups -OCH3 is 1. The molecule has 3 heterocycles. The van der Waals surface area contributed by atoms with Gasteiger partial charge < -0.3 is 18.9 Å². The van der Waals surface area contributed by atoms with Gasteiger partial charge in [0, 0.05) is 30.8 Å². The summed E-state index contributed by atoms with van der Waals surface area (Å²) in [4.78, 5) is 27.3. The van der Waals surface area contributed by atoms with Gasteiger partial charge >= 0.3 is 0 Å². The molecule has 8 nitrogen and oxygen atoms in total. The Balaban J connectivity index is 1.48. The first-order chi connectivity index (χ1) is 16.0. The van der Waals surface area contributed by atoms with Crippen molar-refractivity contribution >= 4 is 11.8 Å². The number of hydrogen-bond donors (Lipinski definition) is 1. The zero-order valence-corrected chi connectivity index (χ0v) is 20.4. The first-order valence-electron chi connectivity index (χ1n) is 11.3. The van der Waals surface area contributed by atoms with Gasteiger partial charge in [-0.25, -0.2) is 9.97 Å². The van der Waals surface area contributed by atoms with Crippen molar-refractivity contribution in [2.24, 2.45) is 0 Å². The van der Waals surface area contributed by atoms with Gasteiger partial charge in [-0.2, -0.15) is 0 Å². The molecule has 1 aliphatic rings. The van der Waals surface area contributed by atoms with Crippen molar-refractivity contribution in [2.45, 2.75) is 51.1 Å². The average Bonchev–Trinajstić information content (AvgIpc) is 3.19. The van der Waals surface area contributed by atoms with Gasteiger partial charge in [0.1, 0.15) is 5.76 Å². The van der Waals surface area contributed by atoms with Crippen LogP contribution in [0.4, 0.5) is 0 Å². The number of rotatable bonds is 9. The van der Waals surface area contributed by atoms with Gasteiger partial charge in [-0.1, -0.05) is 18.7 Å². The van der Waals surface area contributed by atoms with E-state index in [1.807, 2.05) is 32.0 Å². The van der Waals surface area contributed by atoms with Crippen LogP contribution >= 0.6 is 11.8 Å². The van der Waals surface area contributed by atoms with Crippen molar-refractivity contribution in [2.75, 3.05) is 26.8 Å². The van der Waals surface area contributed by atoms with Crippen LogP contribution in [0.25, 0.3) is 11.5 Å². The first kappa shape index (κ1) is 23.4. The fourth-order valence-electron chi connectivity index (χ4n) is 3.93. The third-order valence-electron chi connectivity index (χ3n) is 5.61. The van der Waals surface area contributed by atoms with E-state index >= 15 is 0 Å². The molecule has 0 saturated carbocycles. The van der Waals surface area contributed by atoms with E-state index in [2.05, 4.69) is 21.8 Å². The lowest BCUT2D eigenvalue weighted by Crippen LogP contribution is -2.36. The molecule has 0 saturated heterocycles. The monoisotopic (exact) mass is 470 g/mol. The summed E-state index contributed by atoms with van der Waals surface area (Å²) in [6.45, 7) is 9.16. The highest BCUT2D eigenvalue weighted by Crippen LogP contribution is 2.33. The van der Waals surface area contributed by atoms with Crippen LogP contribution in [0.5, 0.6) is 11.5 Å². The second-order valence-corrected chi connectivity index (χ2v) is 8.90. The Morgan fingerprint density at radius 1 is 1.24 bits per heavy atom. The normalized spacial score (nSPS) is 13.7. The lowest BCUT2D eigenvalue weighted by atomic mass is 10.1. The number of fused-ring (bicyclic) bond motifs is 1. The van der Waals surface area contributed by atoms with Gasteiger partial charge in [0.25, 0.3) is 5.56 Å². The highest BCUT2D eigenvalue weighted by molar-refractivity contribution is 7.98. The molecule has 1 aromatic carbocycles. The van der Waals surface area contributed by atoms with Crippen LogP contribution in [0, 0.1) is 6.92 Å². The molecule has 0 bridgehead atoms. The molecule has 1 aliphatic heterocycles. The smallest absolute Gasteiger partial charge is 0.256 e. The van der Waals surface area contributed by atoms with Gasteiger partial charge in [0.15, 0.2) is 16.7 Å². The highest BCUT2D eigenvalue weighted by atomic mass is 32.2. The molecule has 0 radical (unpaired) electrons. The van der Waals surface area contributed by atoms with Gasteiger partial charge in [0.2, 0.25) is 5.89 Å². The summed E-state index contributed by atoms with van der Waals surface area (Å²) in [5.41, 5.74) is 3.29. The van der Waals surface area contributed by atoms with E-state index in [9.17, 15) is 4.79 Å². The number of ether oxygens (including phenoxy) is 2. The van der Waals surface area contributed by atoms with E-state index in [4.69, 9.17) is 18.9 Å². The first-order valence-corrected chi connectivity index (χ1v) is 12.3. The topological polar surface area (TPSA) is 93.5 Å². The predicted molar refractivity (Wildman–Crippen MR) is 128 cm³/mol. The Morgan fingerprint density at radius 3 is 2.85 bits per heavy atom. The van der Waals surface area contributed by atoms with E-state index < -0.39 is 0 Å². The van der Waals surface area contributed by atoms with Crippen molar-refractivity contribution in [3.63, 3.8) is 0 Å². The number of nitrogens with zero attached hydrogens (tertiary/aromatic N) is 3. The molecule has 4 rings (SSSR count). The summed E-state index contributed by atoms with van der Waals surface area (Å²) in [6, 6.07) is 5.62. The van der Waals surface area contributed by atoms with E-state index in [1.54, 1.807) is 7.11 Å². The number of hydrogen-bond acceptors (Lipinski definition) is 8. The Labute approximate surface area is 197 Å². The van der Waals surface area contributed by atoms with Gasteiger partial charge in [-0.05, 0) is 45.0 Å². The molecular formula is C24H30N4O4S. The molecule has 1 N–H and O–H groups in total. The third-order valence-corrected chi connectivity index (χ3v) is 6.50. The van der Waals surface area contributed by atoms with Gasteiger partial charge in [-0.15, -0.1) is 0 Å². The highest BCUT2D eigenvalue weighted by Gasteiger charge is 2.21. The van der Waals surface area contributed by atoms with Gasteiger partial charge in [-0.3, -0.25) is 9.69 Å². The molecule has 0 aliphatic carbocycles. The molecule has 9 heteroatoms. The second-order valence-electron chi connectivity index (χ2n) is 7.93.